The second-order valence-electron chi connectivity index (χ2n) is 5.01. The molecule has 0 unspecified atom stereocenters. The Labute approximate surface area is 125 Å². The molecule has 0 atom stereocenters. The van der Waals surface area contributed by atoms with E-state index in [-0.39, 0.29) is 0 Å². The average Bonchev–Trinajstić information content (AvgIpc) is 2.82. The lowest BCUT2D eigenvalue weighted by molar-refractivity contribution is 0.354. The number of nitrogens with zero attached hydrogens (tertiary/aromatic N) is 2. The molecule has 0 aliphatic rings. The van der Waals surface area contributed by atoms with Gasteiger partial charge in [-0.15, -0.1) is 0 Å². The number of ether oxygens (including phenoxy) is 2. The second kappa shape index (κ2) is 7.13. The summed E-state index contributed by atoms with van der Waals surface area (Å²) < 4.78 is 12.5. The number of aryl methyl sites for hydroxylation is 2. The monoisotopic (exact) mass is 289 g/mol. The smallest absolute Gasteiger partial charge is 0.160 e. The zero-order valence-corrected chi connectivity index (χ0v) is 13.1. The van der Waals surface area contributed by atoms with Gasteiger partial charge in [-0.05, 0) is 43.1 Å². The number of nitrogens with one attached hydrogen (secondary N) is 1. The van der Waals surface area contributed by atoms with Crippen molar-refractivity contribution in [2.75, 3.05) is 20.8 Å². The Kier molecular flexibility index (Phi) is 5.22. The third-order valence-corrected chi connectivity index (χ3v) is 3.60. The van der Waals surface area contributed by atoms with Crippen LogP contribution in [0.5, 0.6) is 11.5 Å². The Morgan fingerprint density at radius 3 is 2.57 bits per heavy atom. The van der Waals surface area contributed by atoms with Gasteiger partial charge in [-0.3, -0.25) is 4.68 Å². The molecule has 114 valence electrons. The molecule has 0 spiro atoms. The van der Waals surface area contributed by atoms with Crippen LogP contribution in [-0.2, 0) is 20.0 Å². The fourth-order valence-electron chi connectivity index (χ4n) is 2.30. The van der Waals surface area contributed by atoms with Gasteiger partial charge < -0.3 is 14.8 Å². The first-order valence-electron chi connectivity index (χ1n) is 7.04. The molecule has 21 heavy (non-hydrogen) atoms. The van der Waals surface area contributed by atoms with Gasteiger partial charge in [-0.1, -0.05) is 6.07 Å². The van der Waals surface area contributed by atoms with Crippen LogP contribution in [0, 0.1) is 6.92 Å². The molecule has 0 radical (unpaired) electrons. The molecule has 0 fully saturated rings. The second-order valence-corrected chi connectivity index (χ2v) is 5.01. The van der Waals surface area contributed by atoms with Gasteiger partial charge in [0.1, 0.15) is 0 Å². The van der Waals surface area contributed by atoms with Crippen molar-refractivity contribution in [3.05, 3.63) is 41.2 Å². The minimum absolute atomic E-state index is 0.764. The molecule has 0 aliphatic carbocycles. The summed E-state index contributed by atoms with van der Waals surface area (Å²) in [6.45, 7) is 3.81. The van der Waals surface area contributed by atoms with Gasteiger partial charge in [0.2, 0.25) is 0 Å². The van der Waals surface area contributed by atoms with Gasteiger partial charge in [-0.25, -0.2) is 0 Å². The molecule has 5 nitrogen and oxygen atoms in total. The summed E-state index contributed by atoms with van der Waals surface area (Å²) in [6.07, 6.45) is 2.84. The molecular formula is C16H23N3O2. The van der Waals surface area contributed by atoms with E-state index in [1.165, 1.54) is 16.8 Å². The SMILES string of the molecule is COc1ccc(CCNCc2c(C)cnn2C)cc1OC. The van der Waals surface area contributed by atoms with E-state index >= 15 is 0 Å². The highest BCUT2D eigenvalue weighted by Crippen LogP contribution is 2.27. The van der Waals surface area contributed by atoms with Gasteiger partial charge in [0, 0.05) is 13.6 Å². The molecule has 1 heterocycles. The number of hydrogen-bond donors (Lipinski definition) is 1. The molecule has 2 rings (SSSR count). The van der Waals surface area contributed by atoms with Crippen LogP contribution < -0.4 is 14.8 Å². The number of hydrogen-bond acceptors (Lipinski definition) is 4. The van der Waals surface area contributed by atoms with Crippen LogP contribution >= 0.6 is 0 Å². The van der Waals surface area contributed by atoms with Crippen molar-refractivity contribution >= 4 is 0 Å². The first-order valence-corrected chi connectivity index (χ1v) is 7.04. The van der Waals surface area contributed by atoms with Crippen LogP contribution in [0.25, 0.3) is 0 Å². The highest BCUT2D eigenvalue weighted by atomic mass is 16.5. The van der Waals surface area contributed by atoms with Crippen LogP contribution in [0.4, 0.5) is 0 Å². The summed E-state index contributed by atoms with van der Waals surface area (Å²) in [5.41, 5.74) is 3.67. The van der Waals surface area contributed by atoms with Crippen LogP contribution in [0.1, 0.15) is 16.8 Å². The van der Waals surface area contributed by atoms with Gasteiger partial charge in [0.15, 0.2) is 11.5 Å². The minimum Gasteiger partial charge on any atom is -0.493 e. The molecule has 0 saturated carbocycles. The van der Waals surface area contributed by atoms with E-state index in [1.54, 1.807) is 14.2 Å². The Balaban J connectivity index is 1.86. The zero-order chi connectivity index (χ0) is 15.2. The van der Waals surface area contributed by atoms with Gasteiger partial charge >= 0.3 is 0 Å². The van der Waals surface area contributed by atoms with Crippen molar-refractivity contribution in [3.63, 3.8) is 0 Å². The van der Waals surface area contributed by atoms with E-state index < -0.39 is 0 Å². The molecule has 1 aromatic carbocycles. The Morgan fingerprint density at radius 2 is 1.95 bits per heavy atom. The van der Waals surface area contributed by atoms with Gasteiger partial charge in [0.25, 0.3) is 0 Å². The first kappa shape index (κ1) is 15.4. The number of benzene rings is 1. The van der Waals surface area contributed by atoms with Crippen molar-refractivity contribution < 1.29 is 9.47 Å². The number of rotatable bonds is 7. The molecule has 0 amide bonds. The summed E-state index contributed by atoms with van der Waals surface area (Å²) in [5, 5.41) is 7.69. The molecule has 0 aliphatic heterocycles. The molecule has 2 aromatic rings. The van der Waals surface area contributed by atoms with Crippen molar-refractivity contribution in [2.45, 2.75) is 19.9 Å². The van der Waals surface area contributed by atoms with Gasteiger partial charge in [0.05, 0.1) is 26.1 Å². The van der Waals surface area contributed by atoms with Crippen LogP contribution in [0.15, 0.2) is 24.4 Å². The van der Waals surface area contributed by atoms with Crippen LogP contribution in [0.2, 0.25) is 0 Å². The summed E-state index contributed by atoms with van der Waals surface area (Å²) in [4.78, 5) is 0. The fourth-order valence-corrected chi connectivity index (χ4v) is 2.30. The summed E-state index contributed by atoms with van der Waals surface area (Å²) in [6, 6.07) is 6.04. The van der Waals surface area contributed by atoms with E-state index in [0.717, 1.165) is 31.0 Å². The quantitative estimate of drug-likeness (QED) is 0.793. The maximum absolute atomic E-state index is 5.32. The normalized spacial score (nSPS) is 10.7. The Bertz CT molecular complexity index is 574. The van der Waals surface area contributed by atoms with Crippen LogP contribution in [-0.4, -0.2) is 30.5 Å². The number of aromatic nitrogens is 2. The maximum atomic E-state index is 5.32. The first-order chi connectivity index (χ1) is 10.2. The zero-order valence-electron chi connectivity index (χ0n) is 13.1. The van der Waals surface area contributed by atoms with Crippen molar-refractivity contribution in [1.82, 2.24) is 15.1 Å². The van der Waals surface area contributed by atoms with E-state index in [1.807, 2.05) is 30.1 Å². The standard InChI is InChI=1S/C16H23N3O2/c1-12-10-18-19(2)14(12)11-17-8-7-13-5-6-15(20-3)16(9-13)21-4/h5-6,9-10,17H,7-8,11H2,1-4H3. The largest absolute Gasteiger partial charge is 0.493 e. The van der Waals surface area contributed by atoms with E-state index in [9.17, 15) is 0 Å². The van der Waals surface area contributed by atoms with E-state index in [0.29, 0.717) is 0 Å². The molecule has 0 bridgehead atoms. The molecule has 1 aromatic heterocycles. The fraction of sp³-hybridized carbons (Fsp3) is 0.438. The molecular weight excluding hydrogens is 266 g/mol. The third kappa shape index (κ3) is 3.76. The topological polar surface area (TPSA) is 48.3 Å². The van der Waals surface area contributed by atoms with Crippen molar-refractivity contribution in [2.24, 2.45) is 7.05 Å². The lowest BCUT2D eigenvalue weighted by Crippen LogP contribution is -2.19. The summed E-state index contributed by atoms with van der Waals surface area (Å²) in [7, 11) is 5.28. The number of methoxy groups -OCH3 is 2. The minimum atomic E-state index is 0.764. The summed E-state index contributed by atoms with van der Waals surface area (Å²) >= 11 is 0. The third-order valence-electron chi connectivity index (χ3n) is 3.60. The lowest BCUT2D eigenvalue weighted by Gasteiger charge is -2.10. The summed E-state index contributed by atoms with van der Waals surface area (Å²) in [5.74, 6) is 1.54. The molecule has 5 heteroatoms. The van der Waals surface area contributed by atoms with Crippen molar-refractivity contribution in [1.29, 1.82) is 0 Å². The van der Waals surface area contributed by atoms with E-state index in [2.05, 4.69) is 23.4 Å². The van der Waals surface area contributed by atoms with Crippen molar-refractivity contribution in [3.8, 4) is 11.5 Å². The molecule has 1 N–H and O–H groups in total. The van der Waals surface area contributed by atoms with Gasteiger partial charge in [-0.2, -0.15) is 5.10 Å². The molecule has 0 saturated heterocycles. The predicted molar refractivity (Wildman–Crippen MR) is 82.9 cm³/mol. The highest BCUT2D eigenvalue weighted by molar-refractivity contribution is 5.42. The maximum Gasteiger partial charge on any atom is 0.160 e. The average molecular weight is 289 g/mol. The van der Waals surface area contributed by atoms with Crippen LogP contribution in [0.3, 0.4) is 0 Å². The Morgan fingerprint density at radius 1 is 1.19 bits per heavy atom. The lowest BCUT2D eigenvalue weighted by atomic mass is 10.1. The highest BCUT2D eigenvalue weighted by Gasteiger charge is 2.06. The predicted octanol–water partition coefficient (Wildman–Crippen LogP) is 2.08. The Hall–Kier alpha value is -2.01. The van der Waals surface area contributed by atoms with E-state index in [4.69, 9.17) is 9.47 Å².